The van der Waals surface area contributed by atoms with Crippen LogP contribution in [0.3, 0.4) is 0 Å². The Hall–Kier alpha value is -2.70. The lowest BCUT2D eigenvalue weighted by molar-refractivity contribution is -0.115. The van der Waals surface area contributed by atoms with E-state index in [0.717, 1.165) is 11.3 Å². The molecule has 2 amide bonds. The van der Waals surface area contributed by atoms with Crippen molar-refractivity contribution in [1.82, 2.24) is 10.3 Å². The maximum absolute atomic E-state index is 12.1. The summed E-state index contributed by atoms with van der Waals surface area (Å²) >= 11 is 7.30. The van der Waals surface area contributed by atoms with Crippen LogP contribution in [-0.2, 0) is 4.79 Å². The molecule has 0 saturated carbocycles. The highest BCUT2D eigenvalue weighted by molar-refractivity contribution is 7.14. The van der Waals surface area contributed by atoms with Crippen molar-refractivity contribution in [3.63, 3.8) is 0 Å². The standard InChI is InChI=1S/C19H16ClN3O2S/c1-12-6-8-13(9-7-12)16-11-26-19(22-16)23-17(24)10-21-18(25)14-4-2-3-5-15(14)20/h2-9,11H,10H2,1H3,(H,21,25)(H,22,23,24). The zero-order chi connectivity index (χ0) is 18.5. The minimum atomic E-state index is -0.398. The third-order valence-corrected chi connectivity index (χ3v) is 4.71. The van der Waals surface area contributed by atoms with Crippen LogP contribution in [0, 0.1) is 6.92 Å². The molecule has 1 aromatic heterocycles. The first-order valence-corrected chi connectivity index (χ1v) is 9.14. The molecule has 7 heteroatoms. The second-order valence-electron chi connectivity index (χ2n) is 5.61. The van der Waals surface area contributed by atoms with Crippen LogP contribution in [0.1, 0.15) is 15.9 Å². The zero-order valence-electron chi connectivity index (χ0n) is 14.0. The van der Waals surface area contributed by atoms with Crippen LogP contribution in [0.4, 0.5) is 5.13 Å². The molecule has 2 N–H and O–H groups in total. The highest BCUT2D eigenvalue weighted by atomic mass is 35.5. The van der Waals surface area contributed by atoms with E-state index in [2.05, 4.69) is 15.6 Å². The molecule has 5 nitrogen and oxygen atoms in total. The summed E-state index contributed by atoms with van der Waals surface area (Å²) in [6.07, 6.45) is 0. The second kappa shape index (κ2) is 8.12. The smallest absolute Gasteiger partial charge is 0.253 e. The van der Waals surface area contributed by atoms with Crippen molar-refractivity contribution in [1.29, 1.82) is 0 Å². The van der Waals surface area contributed by atoms with Crippen molar-refractivity contribution in [2.24, 2.45) is 0 Å². The molecule has 1 heterocycles. The molecule has 26 heavy (non-hydrogen) atoms. The summed E-state index contributed by atoms with van der Waals surface area (Å²) in [5, 5.41) is 7.93. The highest BCUT2D eigenvalue weighted by Gasteiger charge is 2.12. The lowest BCUT2D eigenvalue weighted by atomic mass is 10.1. The number of thiazole rings is 1. The summed E-state index contributed by atoms with van der Waals surface area (Å²) in [5.74, 6) is -0.750. The van der Waals surface area contributed by atoms with Crippen LogP contribution in [0.15, 0.2) is 53.9 Å². The van der Waals surface area contributed by atoms with Crippen molar-refractivity contribution in [3.8, 4) is 11.3 Å². The van der Waals surface area contributed by atoms with Gasteiger partial charge in [-0.1, -0.05) is 53.6 Å². The van der Waals surface area contributed by atoms with Gasteiger partial charge in [0.05, 0.1) is 22.8 Å². The molecule has 0 unspecified atom stereocenters. The van der Waals surface area contributed by atoms with E-state index in [0.29, 0.717) is 15.7 Å². The molecule has 0 fully saturated rings. The average molecular weight is 386 g/mol. The van der Waals surface area contributed by atoms with Gasteiger partial charge in [0.2, 0.25) is 5.91 Å². The summed E-state index contributed by atoms with van der Waals surface area (Å²) in [6, 6.07) is 14.7. The highest BCUT2D eigenvalue weighted by Crippen LogP contribution is 2.25. The first-order chi connectivity index (χ1) is 12.5. The molecule has 0 spiro atoms. The number of aryl methyl sites for hydroxylation is 1. The maximum atomic E-state index is 12.1. The third kappa shape index (κ3) is 4.47. The number of hydrogen-bond donors (Lipinski definition) is 2. The van der Waals surface area contributed by atoms with Crippen LogP contribution in [0.25, 0.3) is 11.3 Å². The number of amides is 2. The minimum absolute atomic E-state index is 0.163. The van der Waals surface area contributed by atoms with Crippen LogP contribution in [-0.4, -0.2) is 23.3 Å². The Morgan fingerprint density at radius 1 is 1.12 bits per heavy atom. The molecular weight excluding hydrogens is 370 g/mol. The van der Waals surface area contributed by atoms with E-state index in [-0.39, 0.29) is 12.5 Å². The van der Waals surface area contributed by atoms with Gasteiger partial charge in [-0.05, 0) is 19.1 Å². The topological polar surface area (TPSA) is 71.1 Å². The summed E-state index contributed by atoms with van der Waals surface area (Å²) < 4.78 is 0. The fourth-order valence-electron chi connectivity index (χ4n) is 2.25. The Balaban J connectivity index is 1.56. The van der Waals surface area contributed by atoms with Gasteiger partial charge in [0.1, 0.15) is 0 Å². The number of benzene rings is 2. The zero-order valence-corrected chi connectivity index (χ0v) is 15.5. The molecule has 0 aliphatic rings. The van der Waals surface area contributed by atoms with Gasteiger partial charge in [-0.3, -0.25) is 9.59 Å². The van der Waals surface area contributed by atoms with E-state index in [1.54, 1.807) is 24.3 Å². The molecule has 2 aromatic carbocycles. The number of carbonyl (C=O) groups is 2. The van der Waals surface area contributed by atoms with E-state index in [9.17, 15) is 9.59 Å². The van der Waals surface area contributed by atoms with Gasteiger partial charge in [-0.25, -0.2) is 4.98 Å². The number of nitrogens with one attached hydrogen (secondary N) is 2. The normalized spacial score (nSPS) is 10.4. The molecule has 3 rings (SSSR count). The van der Waals surface area contributed by atoms with Crippen molar-refractivity contribution < 1.29 is 9.59 Å². The number of carbonyl (C=O) groups excluding carboxylic acids is 2. The fourth-order valence-corrected chi connectivity index (χ4v) is 3.21. The Labute approximate surface area is 160 Å². The van der Waals surface area contributed by atoms with E-state index >= 15 is 0 Å². The van der Waals surface area contributed by atoms with E-state index in [1.165, 1.54) is 16.9 Å². The van der Waals surface area contributed by atoms with E-state index in [4.69, 9.17) is 11.6 Å². The molecule has 0 radical (unpaired) electrons. The predicted molar refractivity (Wildman–Crippen MR) is 105 cm³/mol. The number of halogens is 1. The summed E-state index contributed by atoms with van der Waals surface area (Å²) in [7, 11) is 0. The molecule has 0 bridgehead atoms. The predicted octanol–water partition coefficient (Wildman–Crippen LogP) is 4.14. The molecule has 132 valence electrons. The monoisotopic (exact) mass is 385 g/mol. The third-order valence-electron chi connectivity index (χ3n) is 3.63. The number of rotatable bonds is 5. The SMILES string of the molecule is Cc1ccc(-c2csc(NC(=O)CNC(=O)c3ccccc3Cl)n2)cc1. The number of aromatic nitrogens is 1. The van der Waals surface area contributed by atoms with Crippen LogP contribution in [0.5, 0.6) is 0 Å². The van der Waals surface area contributed by atoms with Crippen molar-refractivity contribution in [2.75, 3.05) is 11.9 Å². The van der Waals surface area contributed by atoms with Crippen molar-refractivity contribution in [2.45, 2.75) is 6.92 Å². The number of hydrogen-bond acceptors (Lipinski definition) is 4. The van der Waals surface area contributed by atoms with E-state index < -0.39 is 5.91 Å². The fraction of sp³-hybridized carbons (Fsp3) is 0.105. The summed E-state index contributed by atoms with van der Waals surface area (Å²) in [6.45, 7) is 1.86. The van der Waals surface area contributed by atoms with Gasteiger partial charge < -0.3 is 10.6 Å². The Bertz CT molecular complexity index is 938. The molecule has 0 saturated heterocycles. The summed E-state index contributed by atoms with van der Waals surface area (Å²) in [4.78, 5) is 28.5. The van der Waals surface area contributed by atoms with Crippen LogP contribution < -0.4 is 10.6 Å². The lowest BCUT2D eigenvalue weighted by Gasteiger charge is -2.06. The van der Waals surface area contributed by atoms with Gasteiger partial charge in [-0.2, -0.15) is 0 Å². The quantitative estimate of drug-likeness (QED) is 0.693. The molecule has 0 aliphatic heterocycles. The Kier molecular flexibility index (Phi) is 5.65. The van der Waals surface area contributed by atoms with Gasteiger partial charge >= 0.3 is 0 Å². The van der Waals surface area contributed by atoms with Gasteiger partial charge in [-0.15, -0.1) is 11.3 Å². The Morgan fingerprint density at radius 3 is 2.58 bits per heavy atom. The van der Waals surface area contributed by atoms with Gasteiger partial charge in [0, 0.05) is 10.9 Å². The molecular formula is C19H16ClN3O2S. The first kappa shape index (κ1) is 18.1. The van der Waals surface area contributed by atoms with Crippen LogP contribution in [0.2, 0.25) is 5.02 Å². The first-order valence-electron chi connectivity index (χ1n) is 7.88. The number of nitrogens with zero attached hydrogens (tertiary/aromatic N) is 1. The molecule has 3 aromatic rings. The lowest BCUT2D eigenvalue weighted by Crippen LogP contribution is -2.32. The average Bonchev–Trinajstić information content (AvgIpc) is 3.09. The van der Waals surface area contributed by atoms with Crippen molar-refractivity contribution in [3.05, 3.63) is 70.1 Å². The maximum Gasteiger partial charge on any atom is 0.253 e. The molecule has 0 atom stereocenters. The molecule has 0 aliphatic carbocycles. The van der Waals surface area contributed by atoms with Gasteiger partial charge in [0.15, 0.2) is 5.13 Å². The van der Waals surface area contributed by atoms with Crippen molar-refractivity contribution >= 4 is 39.9 Å². The van der Waals surface area contributed by atoms with Gasteiger partial charge in [0.25, 0.3) is 5.91 Å². The van der Waals surface area contributed by atoms with Crippen LogP contribution >= 0.6 is 22.9 Å². The number of anilines is 1. The largest absolute Gasteiger partial charge is 0.343 e. The summed E-state index contributed by atoms with van der Waals surface area (Å²) in [5.41, 5.74) is 3.29. The second-order valence-corrected chi connectivity index (χ2v) is 6.88. The van der Waals surface area contributed by atoms with E-state index in [1.807, 2.05) is 36.6 Å². The minimum Gasteiger partial charge on any atom is -0.343 e. The Morgan fingerprint density at radius 2 is 1.85 bits per heavy atom.